The monoisotopic (exact) mass is 314 g/mol. The quantitative estimate of drug-likeness (QED) is 0.830. The number of likely N-dealkylation sites (tertiary alicyclic amines) is 1. The lowest BCUT2D eigenvalue weighted by molar-refractivity contribution is 0.176. The second kappa shape index (κ2) is 7.53. The van der Waals surface area contributed by atoms with Crippen LogP contribution in [0.3, 0.4) is 0 Å². The molecule has 1 aromatic rings. The number of anilines is 1. The third-order valence-corrected chi connectivity index (χ3v) is 4.84. The number of nitrogens with one attached hydrogen (secondary N) is 1. The summed E-state index contributed by atoms with van der Waals surface area (Å²) >= 11 is 12.4. The highest BCUT2D eigenvalue weighted by molar-refractivity contribution is 6.39. The Morgan fingerprint density at radius 1 is 1.25 bits per heavy atom. The van der Waals surface area contributed by atoms with Crippen LogP contribution in [0, 0.1) is 5.92 Å². The average Bonchev–Trinajstić information content (AvgIpc) is 2.44. The topological polar surface area (TPSA) is 15.3 Å². The van der Waals surface area contributed by atoms with Crippen molar-refractivity contribution in [3.05, 3.63) is 28.2 Å². The van der Waals surface area contributed by atoms with Crippen molar-refractivity contribution in [2.24, 2.45) is 5.92 Å². The zero-order valence-electron chi connectivity index (χ0n) is 12.3. The molecule has 0 spiro atoms. The molecule has 0 aliphatic carbocycles. The largest absolute Gasteiger partial charge is 0.380 e. The molecule has 4 heteroatoms. The van der Waals surface area contributed by atoms with Crippen molar-refractivity contribution in [3.63, 3.8) is 0 Å². The summed E-state index contributed by atoms with van der Waals surface area (Å²) in [5, 5.41) is 4.92. The van der Waals surface area contributed by atoms with Gasteiger partial charge in [-0.3, -0.25) is 0 Å². The van der Waals surface area contributed by atoms with Crippen LogP contribution < -0.4 is 5.32 Å². The molecule has 2 rings (SSSR count). The molecule has 0 amide bonds. The summed E-state index contributed by atoms with van der Waals surface area (Å²) in [5.41, 5.74) is 0.874. The molecule has 112 valence electrons. The molecule has 1 aliphatic rings. The first-order valence-corrected chi connectivity index (χ1v) is 8.30. The normalized spacial score (nSPS) is 19.0. The molecule has 1 aromatic carbocycles. The molecular weight excluding hydrogens is 291 g/mol. The lowest BCUT2D eigenvalue weighted by atomic mass is 9.90. The summed E-state index contributed by atoms with van der Waals surface area (Å²) in [7, 11) is 0. The summed E-state index contributed by atoms with van der Waals surface area (Å²) in [4.78, 5) is 2.56. The van der Waals surface area contributed by atoms with Crippen molar-refractivity contribution >= 4 is 28.9 Å². The van der Waals surface area contributed by atoms with E-state index >= 15 is 0 Å². The van der Waals surface area contributed by atoms with Crippen molar-refractivity contribution in [3.8, 4) is 0 Å². The van der Waals surface area contributed by atoms with Gasteiger partial charge in [-0.05, 0) is 63.9 Å². The number of piperidine rings is 1. The standard InChI is InChI=1S/C16H24Cl2N2/c1-3-9-20-10-7-13(8-11-20)12(2)19-16-14(17)5-4-6-15(16)18/h4-6,12-13,19H,3,7-11H2,1-2H3. The second-order valence-electron chi connectivity index (χ2n) is 5.71. The Kier molecular flexibility index (Phi) is 6.01. The summed E-state index contributed by atoms with van der Waals surface area (Å²) in [6, 6.07) is 6.04. The molecule has 1 fully saturated rings. The molecule has 20 heavy (non-hydrogen) atoms. The number of benzene rings is 1. The zero-order valence-corrected chi connectivity index (χ0v) is 13.8. The highest BCUT2D eigenvalue weighted by Gasteiger charge is 2.24. The number of hydrogen-bond donors (Lipinski definition) is 1. The van der Waals surface area contributed by atoms with E-state index in [4.69, 9.17) is 23.2 Å². The Bertz CT molecular complexity index is 408. The average molecular weight is 315 g/mol. The van der Waals surface area contributed by atoms with Gasteiger partial charge < -0.3 is 10.2 Å². The van der Waals surface area contributed by atoms with Crippen LogP contribution >= 0.6 is 23.2 Å². The van der Waals surface area contributed by atoms with Gasteiger partial charge in [-0.25, -0.2) is 0 Å². The molecule has 1 saturated heterocycles. The molecule has 0 saturated carbocycles. The number of halogens is 2. The first-order valence-electron chi connectivity index (χ1n) is 7.54. The lowest BCUT2D eigenvalue weighted by Gasteiger charge is -2.35. The predicted octanol–water partition coefficient (Wildman–Crippen LogP) is 4.92. The third-order valence-electron chi connectivity index (χ3n) is 4.21. The van der Waals surface area contributed by atoms with Crippen LogP contribution in [0.4, 0.5) is 5.69 Å². The molecule has 0 bridgehead atoms. The van der Waals surface area contributed by atoms with E-state index in [0.29, 0.717) is 22.0 Å². The zero-order chi connectivity index (χ0) is 14.5. The van der Waals surface area contributed by atoms with E-state index in [1.54, 1.807) is 0 Å². The van der Waals surface area contributed by atoms with Gasteiger partial charge in [0.1, 0.15) is 0 Å². The van der Waals surface area contributed by atoms with E-state index < -0.39 is 0 Å². The highest BCUT2D eigenvalue weighted by Crippen LogP contribution is 2.32. The Labute approximate surface area is 132 Å². The predicted molar refractivity (Wildman–Crippen MR) is 89.0 cm³/mol. The van der Waals surface area contributed by atoms with E-state index in [1.165, 1.54) is 38.9 Å². The van der Waals surface area contributed by atoms with Gasteiger partial charge in [0.05, 0.1) is 15.7 Å². The molecule has 1 heterocycles. The van der Waals surface area contributed by atoms with Crippen LogP contribution in [0.2, 0.25) is 10.0 Å². The lowest BCUT2D eigenvalue weighted by Crippen LogP contribution is -2.39. The van der Waals surface area contributed by atoms with Gasteiger partial charge in [0.25, 0.3) is 0 Å². The molecular formula is C16H24Cl2N2. The van der Waals surface area contributed by atoms with Gasteiger partial charge >= 0.3 is 0 Å². The van der Waals surface area contributed by atoms with Gasteiger partial charge in [-0.15, -0.1) is 0 Å². The van der Waals surface area contributed by atoms with E-state index in [0.717, 1.165) is 5.69 Å². The highest BCUT2D eigenvalue weighted by atomic mass is 35.5. The first kappa shape index (κ1) is 15.9. The first-order chi connectivity index (χ1) is 9.61. The fraction of sp³-hybridized carbons (Fsp3) is 0.625. The minimum atomic E-state index is 0.399. The molecule has 0 radical (unpaired) electrons. The Morgan fingerprint density at radius 2 is 1.85 bits per heavy atom. The fourth-order valence-corrected chi connectivity index (χ4v) is 3.48. The van der Waals surface area contributed by atoms with Gasteiger partial charge in [0, 0.05) is 6.04 Å². The summed E-state index contributed by atoms with van der Waals surface area (Å²) in [6.07, 6.45) is 3.74. The van der Waals surface area contributed by atoms with E-state index in [2.05, 4.69) is 24.1 Å². The summed E-state index contributed by atoms with van der Waals surface area (Å²) in [5.74, 6) is 0.690. The maximum Gasteiger partial charge on any atom is 0.0721 e. The smallest absolute Gasteiger partial charge is 0.0721 e. The molecule has 1 unspecified atom stereocenters. The van der Waals surface area contributed by atoms with Crippen molar-refractivity contribution in [2.75, 3.05) is 25.0 Å². The fourth-order valence-electron chi connectivity index (χ4n) is 2.97. The SMILES string of the molecule is CCCN1CCC(C(C)Nc2c(Cl)cccc2Cl)CC1. The third kappa shape index (κ3) is 4.03. The molecule has 2 nitrogen and oxygen atoms in total. The van der Waals surface area contributed by atoms with Crippen LogP contribution in [0.5, 0.6) is 0 Å². The van der Waals surface area contributed by atoms with Crippen LogP contribution in [-0.2, 0) is 0 Å². The van der Waals surface area contributed by atoms with Crippen molar-refractivity contribution in [2.45, 2.75) is 39.2 Å². The Hall–Kier alpha value is -0.440. The molecule has 0 aromatic heterocycles. The van der Waals surface area contributed by atoms with Crippen molar-refractivity contribution in [1.29, 1.82) is 0 Å². The van der Waals surface area contributed by atoms with Crippen molar-refractivity contribution < 1.29 is 0 Å². The van der Waals surface area contributed by atoms with E-state index in [-0.39, 0.29) is 0 Å². The van der Waals surface area contributed by atoms with Crippen LogP contribution in [0.25, 0.3) is 0 Å². The van der Waals surface area contributed by atoms with Gasteiger partial charge in [0.2, 0.25) is 0 Å². The summed E-state index contributed by atoms with van der Waals surface area (Å²) in [6.45, 7) is 8.13. The van der Waals surface area contributed by atoms with Crippen LogP contribution in [-0.4, -0.2) is 30.6 Å². The molecule has 1 atom stereocenters. The number of para-hydroxylation sites is 1. The van der Waals surface area contributed by atoms with Crippen LogP contribution in [0.1, 0.15) is 33.1 Å². The maximum atomic E-state index is 6.22. The van der Waals surface area contributed by atoms with Gasteiger partial charge in [-0.1, -0.05) is 36.2 Å². The molecule has 1 N–H and O–H groups in total. The van der Waals surface area contributed by atoms with Crippen LogP contribution in [0.15, 0.2) is 18.2 Å². The minimum absolute atomic E-state index is 0.399. The minimum Gasteiger partial charge on any atom is -0.380 e. The number of rotatable bonds is 5. The Morgan fingerprint density at radius 3 is 2.40 bits per heavy atom. The summed E-state index contributed by atoms with van der Waals surface area (Å²) < 4.78 is 0. The van der Waals surface area contributed by atoms with Gasteiger partial charge in [0.15, 0.2) is 0 Å². The van der Waals surface area contributed by atoms with E-state index in [1.807, 2.05) is 18.2 Å². The van der Waals surface area contributed by atoms with Gasteiger partial charge in [-0.2, -0.15) is 0 Å². The van der Waals surface area contributed by atoms with Crippen molar-refractivity contribution in [1.82, 2.24) is 4.90 Å². The maximum absolute atomic E-state index is 6.22. The second-order valence-corrected chi connectivity index (χ2v) is 6.52. The van der Waals surface area contributed by atoms with E-state index in [9.17, 15) is 0 Å². The number of nitrogens with zero attached hydrogens (tertiary/aromatic N) is 1. The number of hydrogen-bond acceptors (Lipinski definition) is 2. The molecule has 1 aliphatic heterocycles. The Balaban J connectivity index is 1.91.